The van der Waals surface area contributed by atoms with Crippen molar-refractivity contribution in [1.29, 1.82) is 0 Å². The van der Waals surface area contributed by atoms with E-state index in [1.807, 2.05) is 18.7 Å². The minimum absolute atomic E-state index is 0.0629. The lowest BCUT2D eigenvalue weighted by Gasteiger charge is -2.45. The van der Waals surface area contributed by atoms with Crippen LogP contribution in [-0.2, 0) is 4.74 Å². The fourth-order valence-corrected chi connectivity index (χ4v) is 2.96. The highest BCUT2D eigenvalue weighted by Crippen LogP contribution is 2.31. The summed E-state index contributed by atoms with van der Waals surface area (Å²) in [4.78, 5) is 14.7. The number of ether oxygens (including phenoxy) is 1. The van der Waals surface area contributed by atoms with Crippen LogP contribution in [0.15, 0.2) is 48.5 Å². The van der Waals surface area contributed by atoms with Gasteiger partial charge in [-0.3, -0.25) is 4.79 Å². The summed E-state index contributed by atoms with van der Waals surface area (Å²) in [6.07, 6.45) is -0.269. The van der Waals surface area contributed by atoms with Crippen molar-refractivity contribution >= 4 is 17.5 Å². The maximum Gasteiger partial charge on any atom is 0.254 e. The third kappa shape index (κ3) is 3.45. The Labute approximate surface area is 146 Å². The molecule has 0 N–H and O–H groups in total. The zero-order chi connectivity index (χ0) is 17.3. The molecule has 0 bridgehead atoms. The first-order chi connectivity index (χ1) is 11.4. The molecule has 1 fully saturated rings. The van der Waals surface area contributed by atoms with E-state index in [4.69, 9.17) is 16.3 Å². The van der Waals surface area contributed by atoms with Crippen molar-refractivity contribution in [2.45, 2.75) is 25.5 Å². The second-order valence-corrected chi connectivity index (χ2v) is 7.02. The van der Waals surface area contributed by atoms with Crippen LogP contribution in [0.2, 0.25) is 5.02 Å². The average Bonchev–Trinajstić information content (AvgIpc) is 2.56. The highest BCUT2D eigenvalue weighted by Gasteiger charge is 2.38. The van der Waals surface area contributed by atoms with Crippen molar-refractivity contribution in [2.24, 2.45) is 0 Å². The number of carbonyl (C=O) groups excluding carboxylic acids is 1. The predicted octanol–water partition coefficient (Wildman–Crippen LogP) is 4.47. The van der Waals surface area contributed by atoms with E-state index in [-0.39, 0.29) is 17.8 Å². The highest BCUT2D eigenvalue weighted by atomic mass is 35.5. The number of rotatable bonds is 2. The molecule has 1 atom stereocenters. The van der Waals surface area contributed by atoms with Crippen molar-refractivity contribution in [1.82, 2.24) is 4.90 Å². The molecule has 0 spiro atoms. The van der Waals surface area contributed by atoms with Crippen LogP contribution in [0.4, 0.5) is 4.39 Å². The molecule has 0 aliphatic carbocycles. The lowest BCUT2D eigenvalue weighted by Crippen LogP contribution is -2.56. The summed E-state index contributed by atoms with van der Waals surface area (Å²) in [6, 6.07) is 13.1. The molecule has 2 aromatic rings. The van der Waals surface area contributed by atoms with Gasteiger partial charge in [0.1, 0.15) is 11.9 Å². The minimum atomic E-state index is -0.423. The standard InChI is InChI=1S/C19H19ClFNO2/c1-19(2)12-24-17(13-5-9-16(21)10-6-13)11-22(19)18(23)14-3-7-15(20)8-4-14/h3-10,17H,11-12H2,1-2H3. The summed E-state index contributed by atoms with van der Waals surface area (Å²) in [7, 11) is 0. The van der Waals surface area contributed by atoms with Crippen LogP contribution in [0.1, 0.15) is 35.9 Å². The van der Waals surface area contributed by atoms with Crippen molar-refractivity contribution < 1.29 is 13.9 Å². The largest absolute Gasteiger partial charge is 0.369 e. The number of morpholine rings is 1. The predicted molar refractivity (Wildman–Crippen MR) is 91.7 cm³/mol. The fraction of sp³-hybridized carbons (Fsp3) is 0.316. The van der Waals surface area contributed by atoms with Crippen molar-refractivity contribution in [3.05, 3.63) is 70.5 Å². The second kappa shape index (κ2) is 6.54. The van der Waals surface area contributed by atoms with Crippen molar-refractivity contribution in [2.75, 3.05) is 13.2 Å². The molecule has 1 amide bonds. The van der Waals surface area contributed by atoms with Gasteiger partial charge in [0.05, 0.1) is 18.7 Å². The van der Waals surface area contributed by atoms with Crippen LogP contribution in [0.5, 0.6) is 0 Å². The van der Waals surface area contributed by atoms with Gasteiger partial charge in [-0.25, -0.2) is 4.39 Å². The molecule has 1 saturated heterocycles. The molecular weight excluding hydrogens is 329 g/mol. The average molecular weight is 348 g/mol. The van der Waals surface area contributed by atoms with Gasteiger partial charge in [0.2, 0.25) is 0 Å². The number of benzene rings is 2. The molecule has 24 heavy (non-hydrogen) atoms. The highest BCUT2D eigenvalue weighted by molar-refractivity contribution is 6.30. The van der Waals surface area contributed by atoms with Gasteiger partial charge in [-0.05, 0) is 55.8 Å². The van der Waals surface area contributed by atoms with Crippen molar-refractivity contribution in [3.8, 4) is 0 Å². The van der Waals surface area contributed by atoms with Gasteiger partial charge in [-0.15, -0.1) is 0 Å². The van der Waals surface area contributed by atoms with E-state index < -0.39 is 5.54 Å². The summed E-state index contributed by atoms with van der Waals surface area (Å²) >= 11 is 5.90. The van der Waals surface area contributed by atoms with Gasteiger partial charge in [0, 0.05) is 10.6 Å². The zero-order valence-corrected chi connectivity index (χ0v) is 14.4. The van der Waals surface area contributed by atoms with E-state index >= 15 is 0 Å². The number of hydrogen-bond donors (Lipinski definition) is 0. The Morgan fingerprint density at radius 2 is 1.79 bits per heavy atom. The molecule has 3 nitrogen and oxygen atoms in total. The summed E-state index contributed by atoms with van der Waals surface area (Å²) in [5.74, 6) is -0.351. The lowest BCUT2D eigenvalue weighted by molar-refractivity contribution is -0.0846. The molecule has 0 aromatic heterocycles. The van der Waals surface area contributed by atoms with E-state index in [1.165, 1.54) is 12.1 Å². The minimum Gasteiger partial charge on any atom is -0.369 e. The Hall–Kier alpha value is -1.91. The molecule has 1 heterocycles. The van der Waals surface area contributed by atoms with Crippen LogP contribution in [0.25, 0.3) is 0 Å². The molecular formula is C19H19ClFNO2. The SMILES string of the molecule is CC1(C)COC(c2ccc(F)cc2)CN1C(=O)c1ccc(Cl)cc1. The van der Waals surface area contributed by atoms with E-state index in [0.29, 0.717) is 23.7 Å². The quantitative estimate of drug-likeness (QED) is 0.802. The molecule has 2 aromatic carbocycles. The Bertz CT molecular complexity index is 728. The third-order valence-corrected chi connectivity index (χ3v) is 4.55. The van der Waals surface area contributed by atoms with Gasteiger partial charge in [-0.2, -0.15) is 0 Å². The summed E-state index contributed by atoms with van der Waals surface area (Å²) in [5, 5.41) is 0.594. The summed E-state index contributed by atoms with van der Waals surface area (Å²) in [6.45, 7) is 4.78. The second-order valence-electron chi connectivity index (χ2n) is 6.59. The van der Waals surface area contributed by atoms with E-state index in [9.17, 15) is 9.18 Å². The van der Waals surface area contributed by atoms with Crippen LogP contribution in [0.3, 0.4) is 0 Å². The molecule has 126 valence electrons. The molecule has 0 saturated carbocycles. The maximum atomic E-state index is 13.1. The van der Waals surface area contributed by atoms with Crippen LogP contribution in [-0.4, -0.2) is 29.5 Å². The number of carbonyl (C=O) groups is 1. The topological polar surface area (TPSA) is 29.5 Å². The molecule has 1 unspecified atom stereocenters. The van der Waals surface area contributed by atoms with Gasteiger partial charge >= 0.3 is 0 Å². The Balaban J connectivity index is 1.85. The van der Waals surface area contributed by atoms with Crippen LogP contribution >= 0.6 is 11.6 Å². The molecule has 5 heteroatoms. The maximum absolute atomic E-state index is 13.1. The zero-order valence-electron chi connectivity index (χ0n) is 13.6. The Morgan fingerprint density at radius 1 is 1.17 bits per heavy atom. The van der Waals surface area contributed by atoms with Crippen molar-refractivity contribution in [3.63, 3.8) is 0 Å². The van der Waals surface area contributed by atoms with Crippen LogP contribution in [0, 0.1) is 5.82 Å². The first-order valence-electron chi connectivity index (χ1n) is 7.81. The van der Waals surface area contributed by atoms with Gasteiger partial charge in [-0.1, -0.05) is 23.7 Å². The lowest BCUT2D eigenvalue weighted by atomic mass is 9.97. The number of halogens is 2. The fourth-order valence-electron chi connectivity index (χ4n) is 2.83. The van der Waals surface area contributed by atoms with Gasteiger partial charge < -0.3 is 9.64 Å². The first-order valence-corrected chi connectivity index (χ1v) is 8.19. The normalized spacial score (nSPS) is 20.0. The summed E-state index contributed by atoms with van der Waals surface area (Å²) in [5.41, 5.74) is 1.03. The number of amides is 1. The van der Waals surface area contributed by atoms with Gasteiger partial charge in [0.15, 0.2) is 0 Å². The van der Waals surface area contributed by atoms with Gasteiger partial charge in [0.25, 0.3) is 5.91 Å². The Morgan fingerprint density at radius 3 is 2.42 bits per heavy atom. The van der Waals surface area contributed by atoms with E-state index in [1.54, 1.807) is 36.4 Å². The first kappa shape index (κ1) is 16.9. The molecule has 1 aliphatic rings. The van der Waals surface area contributed by atoms with E-state index in [2.05, 4.69) is 0 Å². The monoisotopic (exact) mass is 347 g/mol. The van der Waals surface area contributed by atoms with E-state index in [0.717, 1.165) is 5.56 Å². The third-order valence-electron chi connectivity index (χ3n) is 4.29. The molecule has 3 rings (SSSR count). The number of hydrogen-bond acceptors (Lipinski definition) is 2. The number of nitrogens with zero attached hydrogens (tertiary/aromatic N) is 1. The molecule has 1 aliphatic heterocycles. The Kier molecular flexibility index (Phi) is 4.61. The summed E-state index contributed by atoms with van der Waals surface area (Å²) < 4.78 is 19.0. The van der Waals surface area contributed by atoms with Crippen LogP contribution < -0.4 is 0 Å². The smallest absolute Gasteiger partial charge is 0.254 e. The molecule has 0 radical (unpaired) electrons.